The van der Waals surface area contributed by atoms with E-state index >= 15 is 0 Å². The third-order valence-electron chi connectivity index (χ3n) is 5.67. The summed E-state index contributed by atoms with van der Waals surface area (Å²) >= 11 is 12.7. The highest BCUT2D eigenvalue weighted by Gasteiger charge is 2.57. The van der Waals surface area contributed by atoms with Gasteiger partial charge < -0.3 is 19.5 Å². The summed E-state index contributed by atoms with van der Waals surface area (Å²) in [5.74, 6) is -2.83. The number of fused-ring (bicyclic) bond motifs is 1. The minimum absolute atomic E-state index is 0.0108. The minimum atomic E-state index is -2.32. The number of ether oxygens (including phenoxy) is 2. The number of aromatic nitrogens is 1. The number of benzene rings is 1. The topological polar surface area (TPSA) is 89.0 Å². The number of pyridine rings is 1. The maximum Gasteiger partial charge on any atom is 0.343 e. The van der Waals surface area contributed by atoms with Crippen LogP contribution < -0.4 is 0 Å². The average Bonchev–Trinajstić information content (AvgIpc) is 2.80. The number of hydrogen-bond acceptors (Lipinski definition) is 7. The lowest BCUT2D eigenvalue weighted by molar-refractivity contribution is -0.166. The Morgan fingerprint density at radius 2 is 1.75 bits per heavy atom. The lowest BCUT2D eigenvalue weighted by Gasteiger charge is -2.43. The van der Waals surface area contributed by atoms with Crippen molar-refractivity contribution in [1.29, 1.82) is 0 Å². The molecule has 0 saturated carbocycles. The van der Waals surface area contributed by atoms with Gasteiger partial charge in [0, 0.05) is 24.2 Å². The zero-order valence-corrected chi connectivity index (χ0v) is 19.7. The predicted octanol–water partition coefficient (Wildman–Crippen LogP) is 3.77. The molecule has 0 saturated heterocycles. The molecule has 9 heteroatoms. The maximum atomic E-state index is 13.2. The van der Waals surface area contributed by atoms with Crippen LogP contribution in [0.3, 0.4) is 0 Å². The summed E-state index contributed by atoms with van der Waals surface area (Å²) < 4.78 is 10.1. The summed E-state index contributed by atoms with van der Waals surface area (Å²) in [5.41, 5.74) is -0.956. The molecular weight excluding hydrogens is 455 g/mol. The Hall–Kier alpha value is -2.61. The minimum Gasteiger partial charge on any atom is -0.467 e. The Kier molecular flexibility index (Phi) is 7.12. The van der Waals surface area contributed by atoms with Gasteiger partial charge in [-0.3, -0.25) is 0 Å². The quantitative estimate of drug-likeness (QED) is 0.499. The Labute approximate surface area is 196 Å². The molecule has 2 unspecified atom stereocenters. The van der Waals surface area contributed by atoms with E-state index in [9.17, 15) is 14.7 Å². The molecule has 2 aromatic rings. The van der Waals surface area contributed by atoms with Gasteiger partial charge in [-0.1, -0.05) is 53.5 Å². The summed E-state index contributed by atoms with van der Waals surface area (Å²) in [6.07, 6.45) is 0. The van der Waals surface area contributed by atoms with Gasteiger partial charge in [-0.05, 0) is 25.5 Å². The van der Waals surface area contributed by atoms with Crippen molar-refractivity contribution >= 4 is 40.8 Å². The number of nitrogens with zero attached hydrogens (tertiary/aromatic N) is 2. The molecule has 1 aromatic carbocycles. The predicted molar refractivity (Wildman–Crippen MR) is 121 cm³/mol. The van der Waals surface area contributed by atoms with E-state index in [-0.39, 0.29) is 27.0 Å². The lowest BCUT2D eigenvalue weighted by Crippen LogP contribution is -2.49. The van der Waals surface area contributed by atoms with Crippen LogP contribution in [0.5, 0.6) is 0 Å². The van der Waals surface area contributed by atoms with Crippen molar-refractivity contribution in [2.75, 3.05) is 27.3 Å². The molecule has 1 N–H and O–H groups in total. The summed E-state index contributed by atoms with van der Waals surface area (Å²) in [4.78, 5) is 32.4. The Morgan fingerprint density at radius 3 is 2.28 bits per heavy atom. The number of rotatable bonds is 6. The molecule has 2 atom stereocenters. The third kappa shape index (κ3) is 3.74. The molecule has 7 nitrogen and oxygen atoms in total. The van der Waals surface area contributed by atoms with Gasteiger partial charge in [0.1, 0.15) is 10.3 Å². The van der Waals surface area contributed by atoms with Crippen LogP contribution in [0.2, 0.25) is 10.3 Å². The second-order valence-electron chi connectivity index (χ2n) is 7.19. The molecule has 1 aliphatic rings. The smallest absolute Gasteiger partial charge is 0.343 e. The lowest BCUT2D eigenvalue weighted by atomic mass is 9.67. The van der Waals surface area contributed by atoms with Crippen molar-refractivity contribution in [3.8, 4) is 0 Å². The Balaban J connectivity index is 2.59. The van der Waals surface area contributed by atoms with Gasteiger partial charge in [-0.2, -0.15) is 0 Å². The summed E-state index contributed by atoms with van der Waals surface area (Å²) in [6.45, 7) is 4.87. The first-order chi connectivity index (χ1) is 15.3. The van der Waals surface area contributed by atoms with E-state index in [0.29, 0.717) is 24.4 Å². The molecule has 1 heterocycles. The van der Waals surface area contributed by atoms with E-state index in [0.717, 1.165) is 7.11 Å². The van der Waals surface area contributed by atoms with Gasteiger partial charge in [-0.15, -0.1) is 0 Å². The van der Waals surface area contributed by atoms with Crippen molar-refractivity contribution in [3.05, 3.63) is 69.0 Å². The van der Waals surface area contributed by atoms with Gasteiger partial charge in [0.05, 0.1) is 31.4 Å². The maximum absolute atomic E-state index is 13.2. The number of esters is 2. The zero-order valence-electron chi connectivity index (χ0n) is 18.2. The molecule has 1 aliphatic carbocycles. The highest BCUT2D eigenvalue weighted by Crippen LogP contribution is 2.53. The SMILES string of the molecule is CCN(CC)C1=C(C(=O)OC)C(c2ccccc2)C(O)(C(=O)OC)c2cc(Cl)nc(Cl)c21. The number of aliphatic hydroxyl groups is 1. The monoisotopic (exact) mass is 478 g/mol. The second kappa shape index (κ2) is 9.48. The van der Waals surface area contributed by atoms with Gasteiger partial charge in [0.15, 0.2) is 5.60 Å². The molecule has 0 spiro atoms. The molecule has 0 fully saturated rings. The van der Waals surface area contributed by atoms with Crippen molar-refractivity contribution in [3.63, 3.8) is 0 Å². The first-order valence-electron chi connectivity index (χ1n) is 10.1. The normalized spacial score (nSPS) is 19.9. The van der Waals surface area contributed by atoms with Gasteiger partial charge in [-0.25, -0.2) is 14.6 Å². The number of halogens is 2. The van der Waals surface area contributed by atoms with Crippen LogP contribution in [0.25, 0.3) is 5.70 Å². The molecule has 0 bridgehead atoms. The molecule has 0 amide bonds. The number of carbonyl (C=O) groups excluding carboxylic acids is 2. The first-order valence-corrected chi connectivity index (χ1v) is 10.8. The van der Waals surface area contributed by atoms with Gasteiger partial charge in [0.25, 0.3) is 0 Å². The molecule has 1 aromatic heterocycles. The van der Waals surface area contributed by atoms with Crippen LogP contribution in [0.1, 0.15) is 36.5 Å². The highest BCUT2D eigenvalue weighted by molar-refractivity contribution is 6.34. The van der Waals surface area contributed by atoms with Gasteiger partial charge >= 0.3 is 11.9 Å². The fourth-order valence-electron chi connectivity index (χ4n) is 4.28. The van der Waals surface area contributed by atoms with Crippen LogP contribution >= 0.6 is 23.2 Å². The van der Waals surface area contributed by atoms with E-state index in [1.807, 2.05) is 18.7 Å². The van der Waals surface area contributed by atoms with Crippen molar-refractivity contribution < 1.29 is 24.2 Å². The van der Waals surface area contributed by atoms with Gasteiger partial charge in [0.2, 0.25) is 0 Å². The van der Waals surface area contributed by atoms with Crippen LogP contribution in [-0.2, 0) is 24.7 Å². The van der Waals surface area contributed by atoms with Crippen LogP contribution in [0, 0.1) is 0 Å². The number of methoxy groups -OCH3 is 2. The second-order valence-corrected chi connectivity index (χ2v) is 7.93. The van der Waals surface area contributed by atoms with E-state index in [1.54, 1.807) is 30.3 Å². The number of carbonyl (C=O) groups is 2. The molecule has 170 valence electrons. The molecule has 32 heavy (non-hydrogen) atoms. The molecule has 0 aliphatic heterocycles. The summed E-state index contributed by atoms with van der Waals surface area (Å²) in [5, 5.41) is 12.0. The molecule has 0 radical (unpaired) electrons. The third-order valence-corrected chi connectivity index (χ3v) is 6.13. The average molecular weight is 479 g/mol. The molecule has 3 rings (SSSR count). The van der Waals surface area contributed by atoms with E-state index in [4.69, 9.17) is 32.7 Å². The van der Waals surface area contributed by atoms with E-state index in [1.165, 1.54) is 13.2 Å². The molecular formula is C23H24Cl2N2O5. The van der Waals surface area contributed by atoms with E-state index < -0.39 is 23.5 Å². The zero-order chi connectivity index (χ0) is 23.6. The largest absolute Gasteiger partial charge is 0.467 e. The van der Waals surface area contributed by atoms with Crippen molar-refractivity contribution in [2.45, 2.75) is 25.4 Å². The fraction of sp³-hybridized carbons (Fsp3) is 0.348. The summed E-state index contributed by atoms with van der Waals surface area (Å²) in [6, 6.07) is 10.1. The number of hydrogen-bond donors (Lipinski definition) is 1. The van der Waals surface area contributed by atoms with Crippen LogP contribution in [-0.4, -0.2) is 54.2 Å². The summed E-state index contributed by atoms with van der Waals surface area (Å²) in [7, 11) is 2.40. The fourth-order valence-corrected chi connectivity index (χ4v) is 4.79. The van der Waals surface area contributed by atoms with Crippen LogP contribution in [0.4, 0.5) is 0 Å². The standard InChI is InChI=1S/C23H24Cl2N2O5/c1-5-27(6-2)19-16-14(12-15(24)26-20(16)25)23(30,22(29)32-4)18(17(19)21(28)31-3)13-10-8-7-9-11-13/h7-12,18,30H,5-6H2,1-4H3. The van der Waals surface area contributed by atoms with Crippen molar-refractivity contribution in [2.24, 2.45) is 0 Å². The van der Waals surface area contributed by atoms with Crippen LogP contribution in [0.15, 0.2) is 42.0 Å². The Bertz CT molecular complexity index is 1070. The van der Waals surface area contributed by atoms with E-state index in [2.05, 4.69) is 4.98 Å². The highest BCUT2D eigenvalue weighted by atomic mass is 35.5. The Morgan fingerprint density at radius 1 is 1.12 bits per heavy atom. The van der Waals surface area contributed by atoms with Crippen molar-refractivity contribution in [1.82, 2.24) is 9.88 Å². The first kappa shape index (κ1) is 24.0.